The molecule has 6 rings (SSSR count). The van der Waals surface area contributed by atoms with E-state index in [1.54, 1.807) is 13.1 Å². The zero-order valence-corrected chi connectivity index (χ0v) is 21.5. The molecule has 3 unspecified atom stereocenters. The Morgan fingerprint density at radius 2 is 2.03 bits per heavy atom. The van der Waals surface area contributed by atoms with Crippen LogP contribution in [0.25, 0.3) is 22.2 Å². The van der Waals surface area contributed by atoms with Crippen molar-refractivity contribution in [1.29, 1.82) is 0 Å². The average Bonchev–Trinajstić information content (AvgIpc) is 3.54. The summed E-state index contributed by atoms with van der Waals surface area (Å²) in [5, 5.41) is 2.90. The summed E-state index contributed by atoms with van der Waals surface area (Å²) in [4.78, 5) is 22.5. The summed E-state index contributed by atoms with van der Waals surface area (Å²) in [6.07, 6.45) is 4.05. The Bertz CT molecular complexity index is 1540. The molecule has 0 radical (unpaired) electrons. The van der Waals surface area contributed by atoms with Crippen LogP contribution in [0.2, 0.25) is 0 Å². The number of likely N-dealkylation sites (N-methyl/N-ethyl adjacent to an activating group) is 1. The number of carbonyl (C=O) groups excluding carboxylic acids is 1. The maximum Gasteiger partial charge on any atom is 0.534 e. The van der Waals surface area contributed by atoms with Crippen LogP contribution in [0.3, 0.4) is 0 Å². The molecule has 0 spiro atoms. The Hall–Kier alpha value is -3.12. The molecule has 1 aliphatic heterocycles. The Labute approximate surface area is 217 Å². The third-order valence-electron chi connectivity index (χ3n) is 8.08. The summed E-state index contributed by atoms with van der Waals surface area (Å²) in [5.74, 6) is 0.942. The number of fused-ring (bicyclic) bond motifs is 4. The summed E-state index contributed by atoms with van der Waals surface area (Å²) in [5.41, 5.74) is -0.822. The number of benzene rings is 2. The van der Waals surface area contributed by atoms with E-state index >= 15 is 0 Å². The summed E-state index contributed by atoms with van der Waals surface area (Å²) >= 11 is 0. The fraction of sp³-hybridized carbons (Fsp3) is 0.462. The second-order valence-corrected chi connectivity index (χ2v) is 11.8. The van der Waals surface area contributed by atoms with Crippen LogP contribution in [0, 0.1) is 5.92 Å². The minimum atomic E-state index is -5.76. The Morgan fingerprint density at radius 1 is 1.21 bits per heavy atom. The first-order valence-electron chi connectivity index (χ1n) is 12.7. The molecule has 0 bridgehead atoms. The number of alkyl halides is 3. The SMILES string of the molecule is CNCC(=O)N1CCCC1c1nc2ccc(-c3ccc(OS(=O)(=O)C(F)(F)F)c4c3C3CCC3C4)cc2[nH]1. The predicted molar refractivity (Wildman–Crippen MR) is 134 cm³/mol. The van der Waals surface area contributed by atoms with Gasteiger partial charge in [0.15, 0.2) is 0 Å². The number of imidazole rings is 1. The predicted octanol–water partition coefficient (Wildman–Crippen LogP) is 4.39. The van der Waals surface area contributed by atoms with Crippen LogP contribution in [0.5, 0.6) is 5.75 Å². The number of hydrogen-bond acceptors (Lipinski definition) is 6. The third kappa shape index (κ3) is 4.05. The van der Waals surface area contributed by atoms with Gasteiger partial charge in [-0.25, -0.2) is 4.98 Å². The summed E-state index contributed by atoms with van der Waals surface area (Å²) < 4.78 is 67.1. The molecule has 3 aromatic rings. The molecule has 2 heterocycles. The fourth-order valence-corrected chi connectivity index (χ4v) is 6.67. The van der Waals surface area contributed by atoms with Gasteiger partial charge in [-0.2, -0.15) is 21.6 Å². The number of nitrogens with one attached hydrogen (secondary N) is 2. The zero-order valence-electron chi connectivity index (χ0n) is 20.6. The van der Waals surface area contributed by atoms with Crippen LogP contribution in [-0.2, 0) is 21.3 Å². The highest BCUT2D eigenvalue weighted by Gasteiger charge is 2.50. The number of likely N-dealkylation sites (tertiary alicyclic amines) is 1. The molecule has 1 aromatic heterocycles. The average molecular weight is 549 g/mol. The molecular formula is C26H27F3N4O4S. The summed E-state index contributed by atoms with van der Waals surface area (Å²) in [6, 6.07) is 8.61. The normalized spacial score (nSPS) is 22.8. The molecule has 3 aliphatic rings. The van der Waals surface area contributed by atoms with E-state index in [9.17, 15) is 26.4 Å². The lowest BCUT2D eigenvalue weighted by atomic mass is 9.73. The number of halogens is 3. The van der Waals surface area contributed by atoms with Crippen LogP contribution in [0.4, 0.5) is 13.2 Å². The standard InChI is InChI=1S/C26H27F3N4O4S/c1-30-13-23(34)33-10-2-3-21(33)25-31-19-8-5-15(12-20(19)32-25)17-7-9-22(37-38(35,36)26(27,28)29)18-11-14-4-6-16(14)24(17)18/h5,7-9,12,14,16,21,30H,2-4,6,10-11,13H2,1H3,(H,31,32). The quantitative estimate of drug-likeness (QED) is 0.350. The Morgan fingerprint density at radius 3 is 2.74 bits per heavy atom. The highest BCUT2D eigenvalue weighted by atomic mass is 32.2. The molecule has 2 fully saturated rings. The molecule has 3 atom stereocenters. The van der Waals surface area contributed by atoms with Gasteiger partial charge in [0.05, 0.1) is 23.6 Å². The van der Waals surface area contributed by atoms with Gasteiger partial charge in [-0.1, -0.05) is 12.1 Å². The molecule has 2 aromatic carbocycles. The van der Waals surface area contributed by atoms with Crippen LogP contribution >= 0.6 is 0 Å². The molecule has 1 saturated carbocycles. The summed E-state index contributed by atoms with van der Waals surface area (Å²) in [7, 11) is -4.02. The van der Waals surface area contributed by atoms with Crippen molar-refractivity contribution >= 4 is 27.1 Å². The molecule has 1 amide bonds. The molecule has 2 N–H and O–H groups in total. The van der Waals surface area contributed by atoms with Gasteiger partial charge in [0.2, 0.25) is 5.91 Å². The van der Waals surface area contributed by atoms with Gasteiger partial charge in [0.1, 0.15) is 11.6 Å². The summed E-state index contributed by atoms with van der Waals surface area (Å²) in [6.45, 7) is 0.943. The van der Waals surface area contributed by atoms with Crippen LogP contribution < -0.4 is 9.50 Å². The van der Waals surface area contributed by atoms with Gasteiger partial charge >= 0.3 is 15.6 Å². The largest absolute Gasteiger partial charge is 0.534 e. The highest BCUT2D eigenvalue weighted by Crippen LogP contribution is 2.56. The van der Waals surface area contributed by atoms with Gasteiger partial charge in [0.25, 0.3) is 0 Å². The van der Waals surface area contributed by atoms with Gasteiger partial charge in [0, 0.05) is 12.1 Å². The van der Waals surface area contributed by atoms with Gasteiger partial charge in [-0.3, -0.25) is 4.79 Å². The van der Waals surface area contributed by atoms with E-state index in [4.69, 9.17) is 4.98 Å². The Kier molecular flexibility index (Phi) is 5.95. The third-order valence-corrected chi connectivity index (χ3v) is 9.05. The number of amides is 1. The van der Waals surface area contributed by atoms with Crippen molar-refractivity contribution in [2.75, 3.05) is 20.1 Å². The van der Waals surface area contributed by atoms with E-state index in [-0.39, 0.29) is 36.1 Å². The number of H-pyrrole nitrogens is 1. The molecule has 8 nitrogen and oxygen atoms in total. The van der Waals surface area contributed by atoms with Crippen molar-refractivity contribution in [3.63, 3.8) is 0 Å². The first-order chi connectivity index (χ1) is 18.1. The van der Waals surface area contributed by atoms with Crippen molar-refractivity contribution < 1.29 is 30.6 Å². The smallest absolute Gasteiger partial charge is 0.376 e. The fourth-order valence-electron chi connectivity index (χ4n) is 6.19. The second-order valence-electron chi connectivity index (χ2n) is 10.3. The number of nitrogens with zero attached hydrogens (tertiary/aromatic N) is 2. The minimum absolute atomic E-state index is 0.0246. The van der Waals surface area contributed by atoms with Crippen LogP contribution in [-0.4, -0.2) is 54.8 Å². The molecular weight excluding hydrogens is 521 g/mol. The molecule has 12 heteroatoms. The molecule has 202 valence electrons. The topological polar surface area (TPSA) is 104 Å². The zero-order chi connectivity index (χ0) is 26.8. The van der Waals surface area contributed by atoms with Crippen molar-refractivity contribution in [3.05, 3.63) is 47.3 Å². The van der Waals surface area contributed by atoms with E-state index < -0.39 is 15.6 Å². The van der Waals surface area contributed by atoms with Gasteiger partial charge in [-0.05, 0) is 85.9 Å². The van der Waals surface area contributed by atoms with Crippen LogP contribution in [0.1, 0.15) is 54.6 Å². The number of aromatic amines is 1. The lowest BCUT2D eigenvalue weighted by Gasteiger charge is -2.31. The van der Waals surface area contributed by atoms with E-state index in [0.29, 0.717) is 18.5 Å². The maximum absolute atomic E-state index is 13.0. The minimum Gasteiger partial charge on any atom is -0.376 e. The first kappa shape index (κ1) is 25.2. The lowest BCUT2D eigenvalue weighted by molar-refractivity contribution is -0.131. The van der Waals surface area contributed by atoms with E-state index in [1.807, 2.05) is 23.1 Å². The molecule has 2 aliphatic carbocycles. The van der Waals surface area contributed by atoms with Crippen molar-refractivity contribution in [2.24, 2.45) is 5.92 Å². The van der Waals surface area contributed by atoms with Crippen molar-refractivity contribution in [3.8, 4) is 16.9 Å². The highest BCUT2D eigenvalue weighted by molar-refractivity contribution is 7.88. The van der Waals surface area contributed by atoms with Crippen LogP contribution in [0.15, 0.2) is 30.3 Å². The monoisotopic (exact) mass is 548 g/mol. The van der Waals surface area contributed by atoms with E-state index in [1.165, 1.54) is 6.07 Å². The second kappa shape index (κ2) is 8.98. The maximum atomic E-state index is 13.0. The van der Waals surface area contributed by atoms with Gasteiger partial charge in [-0.15, -0.1) is 0 Å². The van der Waals surface area contributed by atoms with E-state index in [0.717, 1.165) is 59.2 Å². The molecule has 1 saturated heterocycles. The molecule has 38 heavy (non-hydrogen) atoms. The van der Waals surface area contributed by atoms with Gasteiger partial charge < -0.3 is 19.4 Å². The number of hydrogen-bond donors (Lipinski definition) is 2. The first-order valence-corrected chi connectivity index (χ1v) is 14.1. The Balaban J connectivity index is 1.36. The van der Waals surface area contributed by atoms with E-state index in [2.05, 4.69) is 14.5 Å². The number of carbonyl (C=O) groups is 1. The number of rotatable bonds is 6. The van der Waals surface area contributed by atoms with Crippen molar-refractivity contribution in [2.45, 2.75) is 49.6 Å². The number of aromatic nitrogens is 2. The lowest BCUT2D eigenvalue weighted by Crippen LogP contribution is -2.37. The van der Waals surface area contributed by atoms with Crippen molar-refractivity contribution in [1.82, 2.24) is 20.2 Å².